The minimum absolute atomic E-state index is 0.0556. The molecule has 2 aromatic heterocycles. The van der Waals surface area contributed by atoms with E-state index in [0.29, 0.717) is 16.4 Å². The molecule has 3 aromatic carbocycles. The summed E-state index contributed by atoms with van der Waals surface area (Å²) >= 11 is 1.56. The molecule has 192 valence electrons. The number of aryl methyl sites for hydroxylation is 1. The Bertz CT molecular complexity index is 1740. The number of nitrogens with two attached hydrogens (primary N) is 1. The minimum atomic E-state index is -3.27. The summed E-state index contributed by atoms with van der Waals surface area (Å²) in [6, 6.07) is 21.7. The van der Waals surface area contributed by atoms with Gasteiger partial charge >= 0.3 is 6.03 Å². The average Bonchev–Trinajstić information content (AvgIpc) is 3.36. The van der Waals surface area contributed by atoms with E-state index in [4.69, 9.17) is 5.73 Å². The molecule has 9 heteroatoms. The summed E-state index contributed by atoms with van der Waals surface area (Å²) in [5.41, 5.74) is 12.4. The quantitative estimate of drug-likeness (QED) is 0.215. The van der Waals surface area contributed by atoms with E-state index in [1.165, 1.54) is 0 Å². The van der Waals surface area contributed by atoms with Crippen LogP contribution < -0.4 is 16.4 Å². The Morgan fingerprint density at radius 2 is 1.58 bits per heavy atom. The van der Waals surface area contributed by atoms with Gasteiger partial charge in [0.2, 0.25) is 0 Å². The highest BCUT2D eigenvalue weighted by atomic mass is 32.2. The Labute approximate surface area is 225 Å². The molecular weight excluding hydrogens is 516 g/mol. The lowest BCUT2D eigenvalue weighted by molar-refractivity contribution is 0.262. The van der Waals surface area contributed by atoms with Gasteiger partial charge in [0.1, 0.15) is 5.82 Å². The Hall–Kier alpha value is -4.21. The van der Waals surface area contributed by atoms with Crippen molar-refractivity contribution in [2.45, 2.75) is 18.7 Å². The van der Waals surface area contributed by atoms with E-state index in [2.05, 4.69) is 15.6 Å². The lowest BCUT2D eigenvalue weighted by Crippen LogP contribution is -2.19. The number of nitrogen functional groups attached to an aromatic ring is 1. The molecule has 0 unspecified atom stereocenters. The second-order valence-corrected chi connectivity index (χ2v) is 12.0. The number of nitrogens with one attached hydrogen (secondary N) is 2. The maximum Gasteiger partial charge on any atom is 0.323 e. The van der Waals surface area contributed by atoms with Crippen molar-refractivity contribution in [3.63, 3.8) is 0 Å². The summed E-state index contributed by atoms with van der Waals surface area (Å²) in [5.74, 6) is 0.477. The number of thiophene rings is 1. The predicted octanol–water partition coefficient (Wildman–Crippen LogP) is 6.96. The first-order valence-electron chi connectivity index (χ1n) is 12.0. The van der Waals surface area contributed by atoms with Crippen LogP contribution in [-0.4, -0.2) is 25.2 Å². The molecule has 38 heavy (non-hydrogen) atoms. The van der Waals surface area contributed by atoms with E-state index in [1.807, 2.05) is 60.8 Å². The van der Waals surface area contributed by atoms with Crippen molar-refractivity contribution in [1.29, 1.82) is 0 Å². The standard InChI is InChI=1S/C29H26N4O3S2/c1-3-38(35,36)23-13-9-19(10-14-23)24-16-31-28(30)26-25(17-37-27(24)26)20-7-11-21(12-8-20)32-29(34)33-22-6-4-5-18(2)15-22/h4-17H,3H2,1-2H3,(H2,30,31)(H2,32,33,34). The van der Waals surface area contributed by atoms with Crippen molar-refractivity contribution in [3.05, 3.63) is 89.9 Å². The van der Waals surface area contributed by atoms with E-state index >= 15 is 0 Å². The summed E-state index contributed by atoms with van der Waals surface area (Å²) in [7, 11) is -3.27. The maximum absolute atomic E-state index is 12.4. The highest BCUT2D eigenvalue weighted by Gasteiger charge is 2.17. The zero-order chi connectivity index (χ0) is 26.9. The Morgan fingerprint density at radius 1 is 0.921 bits per heavy atom. The van der Waals surface area contributed by atoms with Crippen LogP contribution in [0.2, 0.25) is 0 Å². The summed E-state index contributed by atoms with van der Waals surface area (Å²) in [4.78, 5) is 17.1. The number of aromatic nitrogens is 1. The average molecular weight is 543 g/mol. The molecule has 0 fully saturated rings. The smallest absolute Gasteiger partial charge is 0.323 e. The summed E-state index contributed by atoms with van der Waals surface area (Å²) < 4.78 is 25.4. The van der Waals surface area contributed by atoms with E-state index in [-0.39, 0.29) is 11.8 Å². The van der Waals surface area contributed by atoms with Gasteiger partial charge in [0.05, 0.1) is 10.6 Å². The van der Waals surface area contributed by atoms with Crippen molar-refractivity contribution in [2.75, 3.05) is 22.1 Å². The number of carbonyl (C=O) groups excluding carboxylic acids is 1. The number of hydrogen-bond acceptors (Lipinski definition) is 6. The molecule has 2 heterocycles. The number of sulfone groups is 1. The molecule has 0 saturated heterocycles. The number of rotatable bonds is 6. The van der Waals surface area contributed by atoms with Crippen LogP contribution in [-0.2, 0) is 9.84 Å². The Balaban J connectivity index is 1.40. The third kappa shape index (κ3) is 5.11. The summed E-state index contributed by atoms with van der Waals surface area (Å²) in [6.45, 7) is 3.60. The summed E-state index contributed by atoms with van der Waals surface area (Å²) in [5, 5.41) is 8.57. The molecule has 5 aromatic rings. The van der Waals surface area contributed by atoms with Crippen LogP contribution in [0.5, 0.6) is 0 Å². The van der Waals surface area contributed by atoms with Crippen molar-refractivity contribution in [1.82, 2.24) is 4.98 Å². The second-order valence-electron chi connectivity index (χ2n) is 8.86. The molecule has 7 nitrogen and oxygen atoms in total. The van der Waals surface area contributed by atoms with E-state index in [9.17, 15) is 13.2 Å². The van der Waals surface area contributed by atoms with Gasteiger partial charge < -0.3 is 16.4 Å². The molecule has 0 radical (unpaired) electrons. The first-order chi connectivity index (χ1) is 18.2. The Kier molecular flexibility index (Phi) is 6.88. The molecule has 0 aliphatic rings. The van der Waals surface area contributed by atoms with Crippen molar-refractivity contribution in [3.8, 4) is 22.3 Å². The predicted molar refractivity (Wildman–Crippen MR) is 156 cm³/mol. The molecule has 0 spiro atoms. The molecule has 4 N–H and O–H groups in total. The van der Waals surface area contributed by atoms with Gasteiger partial charge in [-0.3, -0.25) is 0 Å². The van der Waals surface area contributed by atoms with Crippen molar-refractivity contribution >= 4 is 54.5 Å². The van der Waals surface area contributed by atoms with Gasteiger partial charge in [-0.05, 0) is 65.4 Å². The monoisotopic (exact) mass is 542 g/mol. The number of anilines is 3. The van der Waals surface area contributed by atoms with Crippen molar-refractivity contribution < 1.29 is 13.2 Å². The van der Waals surface area contributed by atoms with Crippen LogP contribution in [0.3, 0.4) is 0 Å². The van der Waals surface area contributed by atoms with E-state index in [0.717, 1.165) is 43.6 Å². The number of urea groups is 1. The molecule has 0 aliphatic heterocycles. The third-order valence-corrected chi connectivity index (χ3v) is 9.02. The number of amides is 2. The molecule has 0 atom stereocenters. The van der Waals surface area contributed by atoms with Gasteiger partial charge in [-0.15, -0.1) is 11.3 Å². The number of hydrogen-bond donors (Lipinski definition) is 3. The molecule has 2 amide bonds. The first-order valence-corrected chi connectivity index (χ1v) is 14.5. The maximum atomic E-state index is 12.4. The lowest BCUT2D eigenvalue weighted by Gasteiger charge is -2.10. The van der Waals surface area contributed by atoms with Crippen LogP contribution in [0.15, 0.2) is 89.3 Å². The van der Waals surface area contributed by atoms with Gasteiger partial charge in [-0.1, -0.05) is 43.3 Å². The molecule has 5 rings (SSSR count). The first kappa shape index (κ1) is 25.4. The SMILES string of the molecule is CCS(=O)(=O)c1ccc(-c2cnc(N)c3c(-c4ccc(NC(=O)Nc5cccc(C)c5)cc4)csc23)cc1. The van der Waals surface area contributed by atoms with Crippen LogP contribution >= 0.6 is 11.3 Å². The highest BCUT2D eigenvalue weighted by Crippen LogP contribution is 2.42. The Morgan fingerprint density at radius 3 is 2.26 bits per heavy atom. The fourth-order valence-corrected chi connectivity index (χ4v) is 6.25. The molecule has 0 aliphatic carbocycles. The van der Waals surface area contributed by atoms with Crippen LogP contribution in [0.1, 0.15) is 12.5 Å². The summed E-state index contributed by atoms with van der Waals surface area (Å²) in [6.07, 6.45) is 1.72. The van der Waals surface area contributed by atoms with E-state index < -0.39 is 9.84 Å². The molecule has 0 saturated carbocycles. The lowest BCUT2D eigenvalue weighted by atomic mass is 10.0. The van der Waals surface area contributed by atoms with Gasteiger partial charge in [-0.25, -0.2) is 18.2 Å². The normalized spacial score (nSPS) is 11.4. The van der Waals surface area contributed by atoms with Gasteiger partial charge in [0, 0.05) is 38.8 Å². The van der Waals surface area contributed by atoms with Crippen molar-refractivity contribution in [2.24, 2.45) is 0 Å². The zero-order valence-corrected chi connectivity index (χ0v) is 22.5. The van der Waals surface area contributed by atoms with Gasteiger partial charge in [0.15, 0.2) is 9.84 Å². The van der Waals surface area contributed by atoms with Gasteiger partial charge in [0.25, 0.3) is 0 Å². The third-order valence-electron chi connectivity index (χ3n) is 6.26. The number of carbonyl (C=O) groups is 1. The minimum Gasteiger partial charge on any atom is -0.383 e. The zero-order valence-electron chi connectivity index (χ0n) is 20.9. The van der Waals surface area contributed by atoms with Crippen LogP contribution in [0, 0.1) is 6.92 Å². The van der Waals surface area contributed by atoms with Crippen LogP contribution in [0.25, 0.3) is 32.3 Å². The molecular formula is C29H26N4O3S2. The number of fused-ring (bicyclic) bond motifs is 1. The highest BCUT2D eigenvalue weighted by molar-refractivity contribution is 7.91. The van der Waals surface area contributed by atoms with E-state index in [1.54, 1.807) is 48.7 Å². The second kappa shape index (κ2) is 10.3. The van der Waals surface area contributed by atoms with Gasteiger partial charge in [-0.2, -0.15) is 0 Å². The number of pyridine rings is 1. The largest absolute Gasteiger partial charge is 0.383 e. The topological polar surface area (TPSA) is 114 Å². The fourth-order valence-electron chi connectivity index (χ4n) is 4.24. The number of nitrogens with zero attached hydrogens (tertiary/aromatic N) is 1. The number of benzene rings is 3. The molecule has 0 bridgehead atoms. The fraction of sp³-hybridized carbons (Fsp3) is 0.103. The van der Waals surface area contributed by atoms with Crippen LogP contribution in [0.4, 0.5) is 22.0 Å².